The Morgan fingerprint density at radius 1 is 1.00 bits per heavy atom. The first-order valence-electron chi connectivity index (χ1n) is 6.05. The second kappa shape index (κ2) is 5.25. The van der Waals surface area contributed by atoms with Gasteiger partial charge in [-0.25, -0.2) is 9.18 Å². The molecule has 0 spiro atoms. The van der Waals surface area contributed by atoms with E-state index in [1.54, 1.807) is 26.0 Å². The van der Waals surface area contributed by atoms with Crippen LogP contribution in [0.5, 0.6) is 0 Å². The summed E-state index contributed by atoms with van der Waals surface area (Å²) < 4.78 is 13.3. The molecule has 102 valence electrons. The summed E-state index contributed by atoms with van der Waals surface area (Å²) in [6, 6.07) is 8.55. The highest BCUT2D eigenvalue weighted by Crippen LogP contribution is 2.22. The Hall–Kier alpha value is -2.49. The zero-order valence-corrected chi connectivity index (χ0v) is 11.1. The average Bonchev–Trinajstić information content (AvgIpc) is 2.37. The number of aromatic carboxylic acids is 1. The van der Waals surface area contributed by atoms with Gasteiger partial charge in [0.2, 0.25) is 0 Å². The summed E-state index contributed by atoms with van der Waals surface area (Å²) in [7, 11) is 0. The lowest BCUT2D eigenvalue weighted by Gasteiger charge is -2.11. The van der Waals surface area contributed by atoms with Crippen LogP contribution in [0.15, 0.2) is 36.4 Å². The Kier molecular flexibility index (Phi) is 3.66. The van der Waals surface area contributed by atoms with Crippen molar-refractivity contribution in [3.8, 4) is 0 Å². The highest BCUT2D eigenvalue weighted by atomic mass is 19.1. The third-order valence-electron chi connectivity index (χ3n) is 3.13. The minimum absolute atomic E-state index is 0.0550. The number of halogens is 1. The van der Waals surface area contributed by atoms with Gasteiger partial charge in [-0.1, -0.05) is 18.2 Å². The summed E-state index contributed by atoms with van der Waals surface area (Å²) in [5.74, 6) is -1.98. The monoisotopic (exact) mass is 272 g/mol. The molecule has 3 nitrogen and oxygen atoms in total. The number of benzene rings is 2. The van der Waals surface area contributed by atoms with Gasteiger partial charge in [-0.15, -0.1) is 0 Å². The fourth-order valence-corrected chi connectivity index (χ4v) is 2.27. The molecule has 0 aliphatic heterocycles. The fourth-order valence-electron chi connectivity index (χ4n) is 2.27. The maximum Gasteiger partial charge on any atom is 0.336 e. The number of carboxylic acids is 1. The van der Waals surface area contributed by atoms with Crippen LogP contribution in [0.1, 0.15) is 37.4 Å². The molecule has 0 aromatic heterocycles. The van der Waals surface area contributed by atoms with E-state index in [0.717, 1.165) is 0 Å². The SMILES string of the molecule is Cc1cc(F)cc(C)c1C(=O)c1ccccc1C(=O)O. The Morgan fingerprint density at radius 2 is 1.50 bits per heavy atom. The maximum absolute atomic E-state index is 13.3. The van der Waals surface area contributed by atoms with Crippen molar-refractivity contribution in [1.29, 1.82) is 0 Å². The average molecular weight is 272 g/mol. The quantitative estimate of drug-likeness (QED) is 0.871. The summed E-state index contributed by atoms with van der Waals surface area (Å²) in [5.41, 5.74) is 1.39. The van der Waals surface area contributed by atoms with Gasteiger partial charge < -0.3 is 5.11 Å². The molecule has 0 amide bonds. The molecule has 0 saturated carbocycles. The predicted octanol–water partition coefficient (Wildman–Crippen LogP) is 3.37. The van der Waals surface area contributed by atoms with E-state index in [-0.39, 0.29) is 11.1 Å². The molecular formula is C16H13FO3. The standard InChI is InChI=1S/C16H13FO3/c1-9-7-11(17)8-10(2)14(9)15(18)12-5-3-4-6-13(12)16(19)20/h3-8H,1-2H3,(H,19,20). The van der Waals surface area contributed by atoms with E-state index < -0.39 is 17.6 Å². The third-order valence-corrected chi connectivity index (χ3v) is 3.13. The van der Waals surface area contributed by atoms with Crippen LogP contribution in [0, 0.1) is 19.7 Å². The lowest BCUT2D eigenvalue weighted by atomic mass is 9.92. The van der Waals surface area contributed by atoms with E-state index in [4.69, 9.17) is 5.11 Å². The van der Waals surface area contributed by atoms with Crippen molar-refractivity contribution >= 4 is 11.8 Å². The second-order valence-corrected chi connectivity index (χ2v) is 4.59. The highest BCUT2D eigenvalue weighted by molar-refractivity contribution is 6.15. The number of carbonyl (C=O) groups is 2. The third kappa shape index (κ3) is 2.45. The van der Waals surface area contributed by atoms with Crippen molar-refractivity contribution in [2.45, 2.75) is 13.8 Å². The first kappa shape index (κ1) is 13.9. The van der Waals surface area contributed by atoms with E-state index in [0.29, 0.717) is 16.7 Å². The lowest BCUT2D eigenvalue weighted by Crippen LogP contribution is -2.12. The normalized spacial score (nSPS) is 10.3. The second-order valence-electron chi connectivity index (χ2n) is 4.59. The number of carbonyl (C=O) groups excluding carboxylic acids is 1. The summed E-state index contributed by atoms with van der Waals surface area (Å²) in [6.07, 6.45) is 0. The maximum atomic E-state index is 13.3. The number of carboxylic acid groups (broad SMARTS) is 1. The molecule has 0 radical (unpaired) electrons. The zero-order chi connectivity index (χ0) is 14.9. The van der Waals surface area contributed by atoms with Gasteiger partial charge in [0.1, 0.15) is 5.82 Å². The Labute approximate surface area is 115 Å². The predicted molar refractivity (Wildman–Crippen MR) is 72.7 cm³/mol. The lowest BCUT2D eigenvalue weighted by molar-refractivity contribution is 0.0692. The molecule has 0 aliphatic carbocycles. The molecule has 0 saturated heterocycles. The van der Waals surface area contributed by atoms with Crippen molar-refractivity contribution in [1.82, 2.24) is 0 Å². The molecule has 1 N–H and O–H groups in total. The molecule has 0 fully saturated rings. The van der Waals surface area contributed by atoms with E-state index >= 15 is 0 Å². The largest absolute Gasteiger partial charge is 0.478 e. The molecule has 4 heteroatoms. The van der Waals surface area contributed by atoms with Gasteiger partial charge in [-0.2, -0.15) is 0 Å². The van der Waals surface area contributed by atoms with Crippen molar-refractivity contribution in [3.63, 3.8) is 0 Å². The van der Waals surface area contributed by atoms with E-state index in [2.05, 4.69) is 0 Å². The molecule has 0 unspecified atom stereocenters. The van der Waals surface area contributed by atoms with Gasteiger partial charge in [-0.3, -0.25) is 4.79 Å². The Bertz CT molecular complexity index is 682. The van der Waals surface area contributed by atoms with Crippen LogP contribution in [0.4, 0.5) is 4.39 Å². The molecule has 20 heavy (non-hydrogen) atoms. The molecule has 2 rings (SSSR count). The molecule has 0 atom stereocenters. The molecule has 2 aromatic rings. The van der Waals surface area contributed by atoms with Crippen LogP contribution >= 0.6 is 0 Å². The molecule has 2 aromatic carbocycles. The van der Waals surface area contributed by atoms with Crippen molar-refractivity contribution in [2.75, 3.05) is 0 Å². The number of rotatable bonds is 3. The first-order chi connectivity index (χ1) is 9.41. The summed E-state index contributed by atoms with van der Waals surface area (Å²) >= 11 is 0. The van der Waals surface area contributed by atoms with Gasteiger partial charge in [-0.05, 0) is 43.2 Å². The summed E-state index contributed by atoms with van der Waals surface area (Å²) in [4.78, 5) is 23.7. The number of hydrogen-bond acceptors (Lipinski definition) is 2. The van der Waals surface area contributed by atoms with Crippen LogP contribution in [0.3, 0.4) is 0 Å². The Balaban J connectivity index is 2.61. The fraction of sp³-hybridized carbons (Fsp3) is 0.125. The van der Waals surface area contributed by atoms with Gasteiger partial charge in [0.05, 0.1) is 5.56 Å². The molecular weight excluding hydrogens is 259 g/mol. The van der Waals surface area contributed by atoms with Gasteiger partial charge in [0, 0.05) is 11.1 Å². The van der Waals surface area contributed by atoms with Gasteiger partial charge in [0.15, 0.2) is 5.78 Å². The number of aryl methyl sites for hydroxylation is 2. The van der Waals surface area contributed by atoms with E-state index in [9.17, 15) is 14.0 Å². The van der Waals surface area contributed by atoms with Gasteiger partial charge in [0.25, 0.3) is 0 Å². The van der Waals surface area contributed by atoms with Gasteiger partial charge >= 0.3 is 5.97 Å². The van der Waals surface area contributed by atoms with Crippen molar-refractivity contribution in [3.05, 3.63) is 70.0 Å². The van der Waals surface area contributed by atoms with Crippen LogP contribution in [0.2, 0.25) is 0 Å². The minimum Gasteiger partial charge on any atom is -0.478 e. The van der Waals surface area contributed by atoms with E-state index in [1.165, 1.54) is 24.3 Å². The van der Waals surface area contributed by atoms with Crippen molar-refractivity contribution in [2.24, 2.45) is 0 Å². The molecule has 0 bridgehead atoms. The molecule has 0 heterocycles. The van der Waals surface area contributed by atoms with E-state index in [1.807, 2.05) is 0 Å². The first-order valence-corrected chi connectivity index (χ1v) is 6.05. The number of ketones is 1. The number of hydrogen-bond donors (Lipinski definition) is 1. The molecule has 0 aliphatic rings. The summed E-state index contributed by atoms with van der Waals surface area (Å²) in [5, 5.41) is 9.13. The summed E-state index contributed by atoms with van der Waals surface area (Å²) in [6.45, 7) is 3.26. The van der Waals surface area contributed by atoms with Crippen LogP contribution < -0.4 is 0 Å². The zero-order valence-electron chi connectivity index (χ0n) is 11.1. The van der Waals surface area contributed by atoms with Crippen molar-refractivity contribution < 1.29 is 19.1 Å². The smallest absolute Gasteiger partial charge is 0.336 e. The highest BCUT2D eigenvalue weighted by Gasteiger charge is 2.20. The van der Waals surface area contributed by atoms with Crippen LogP contribution in [-0.2, 0) is 0 Å². The Morgan fingerprint density at radius 3 is 2.00 bits per heavy atom. The van der Waals surface area contributed by atoms with Crippen LogP contribution in [-0.4, -0.2) is 16.9 Å². The topological polar surface area (TPSA) is 54.4 Å². The minimum atomic E-state index is -1.16. The van der Waals surface area contributed by atoms with Crippen LogP contribution in [0.25, 0.3) is 0 Å².